The summed E-state index contributed by atoms with van der Waals surface area (Å²) in [7, 11) is 4.99. The van der Waals surface area contributed by atoms with Gasteiger partial charge >= 0.3 is 0 Å². The number of halogens is 1. The molecule has 1 saturated heterocycles. The van der Waals surface area contributed by atoms with Gasteiger partial charge in [0, 0.05) is 44.2 Å². The number of benzene rings is 1. The predicted octanol–water partition coefficient (Wildman–Crippen LogP) is 1.41. The van der Waals surface area contributed by atoms with Crippen LogP contribution in [0.4, 0.5) is 0 Å². The van der Waals surface area contributed by atoms with E-state index in [0.717, 1.165) is 13.0 Å². The summed E-state index contributed by atoms with van der Waals surface area (Å²) in [6.07, 6.45) is 1.37. The van der Waals surface area contributed by atoms with Crippen molar-refractivity contribution in [1.29, 1.82) is 0 Å². The van der Waals surface area contributed by atoms with Crippen molar-refractivity contribution in [1.82, 2.24) is 15.1 Å². The van der Waals surface area contributed by atoms with Crippen molar-refractivity contribution < 1.29 is 19.1 Å². The topological polar surface area (TPSA) is 71.1 Å². The van der Waals surface area contributed by atoms with E-state index in [4.69, 9.17) is 9.47 Å². The van der Waals surface area contributed by atoms with Crippen molar-refractivity contribution >= 4 is 24.2 Å². The summed E-state index contributed by atoms with van der Waals surface area (Å²) in [5.74, 6) is 1.26. The minimum Gasteiger partial charge on any atom is -0.497 e. The van der Waals surface area contributed by atoms with Gasteiger partial charge in [0.15, 0.2) is 0 Å². The molecule has 1 heterocycles. The Labute approximate surface area is 161 Å². The fourth-order valence-corrected chi connectivity index (χ4v) is 2.85. The molecule has 1 N–H and O–H groups in total. The number of hydrogen-bond acceptors (Lipinski definition) is 5. The summed E-state index contributed by atoms with van der Waals surface area (Å²) in [6.45, 7) is 3.06. The normalized spacial score (nSPS) is 13.8. The molecule has 0 aliphatic carbocycles. The number of rotatable bonds is 7. The number of methoxy groups -OCH3 is 2. The monoisotopic (exact) mass is 385 g/mol. The minimum absolute atomic E-state index is 0. The fraction of sp³-hybridized carbons (Fsp3) is 0.556. The number of amides is 2. The zero-order valence-electron chi connectivity index (χ0n) is 15.6. The molecule has 2 rings (SSSR count). The van der Waals surface area contributed by atoms with E-state index in [0.29, 0.717) is 49.7 Å². The van der Waals surface area contributed by atoms with E-state index >= 15 is 0 Å². The number of carbonyl (C=O) groups is 2. The zero-order valence-corrected chi connectivity index (χ0v) is 16.4. The number of hydrogen-bond donors (Lipinski definition) is 1. The molecule has 1 aromatic rings. The Bertz CT molecular complexity index is 582. The molecule has 1 aromatic carbocycles. The Balaban J connectivity index is 0.00000338. The predicted molar refractivity (Wildman–Crippen MR) is 102 cm³/mol. The lowest BCUT2D eigenvalue weighted by atomic mass is 10.1. The molecular weight excluding hydrogens is 358 g/mol. The van der Waals surface area contributed by atoms with E-state index in [1.165, 1.54) is 0 Å². The molecule has 26 heavy (non-hydrogen) atoms. The standard InChI is InChI=1S/C18H27N3O4.ClH/c1-19-6-4-5-17(22)20-7-9-21(10-8-20)18(23)14-11-15(24-2)13-16(12-14)25-3;/h11-13,19H,4-10H2,1-3H3;1H. The number of nitrogens with one attached hydrogen (secondary N) is 1. The summed E-state index contributed by atoms with van der Waals surface area (Å²) in [4.78, 5) is 28.5. The van der Waals surface area contributed by atoms with Crippen LogP contribution in [-0.2, 0) is 4.79 Å². The first-order valence-corrected chi connectivity index (χ1v) is 8.53. The highest BCUT2D eigenvalue weighted by atomic mass is 35.5. The van der Waals surface area contributed by atoms with Crippen LogP contribution >= 0.6 is 12.4 Å². The molecule has 0 saturated carbocycles. The lowest BCUT2D eigenvalue weighted by molar-refractivity contribution is -0.132. The number of ether oxygens (including phenoxy) is 2. The number of nitrogens with zero attached hydrogens (tertiary/aromatic N) is 2. The maximum Gasteiger partial charge on any atom is 0.254 e. The molecule has 7 nitrogen and oxygen atoms in total. The Morgan fingerprint density at radius 2 is 1.54 bits per heavy atom. The van der Waals surface area contributed by atoms with Gasteiger partial charge in [-0.1, -0.05) is 0 Å². The SMILES string of the molecule is CNCCCC(=O)N1CCN(C(=O)c2cc(OC)cc(OC)c2)CC1.Cl. The fourth-order valence-electron chi connectivity index (χ4n) is 2.85. The van der Waals surface area contributed by atoms with Crippen LogP contribution in [0.1, 0.15) is 23.2 Å². The van der Waals surface area contributed by atoms with Gasteiger partial charge in [0.25, 0.3) is 5.91 Å². The van der Waals surface area contributed by atoms with Gasteiger partial charge in [-0.15, -0.1) is 12.4 Å². The largest absolute Gasteiger partial charge is 0.497 e. The molecule has 1 aliphatic rings. The molecule has 1 aliphatic heterocycles. The lowest BCUT2D eigenvalue weighted by Gasteiger charge is -2.35. The maximum absolute atomic E-state index is 12.7. The zero-order chi connectivity index (χ0) is 18.2. The molecule has 0 aromatic heterocycles. The molecule has 146 valence electrons. The summed E-state index contributed by atoms with van der Waals surface area (Å²) < 4.78 is 10.4. The second-order valence-corrected chi connectivity index (χ2v) is 5.98. The van der Waals surface area contributed by atoms with E-state index in [1.807, 2.05) is 11.9 Å². The highest BCUT2D eigenvalue weighted by Crippen LogP contribution is 2.23. The van der Waals surface area contributed by atoms with Crippen LogP contribution in [0, 0.1) is 0 Å². The highest BCUT2D eigenvalue weighted by Gasteiger charge is 2.25. The van der Waals surface area contributed by atoms with E-state index in [-0.39, 0.29) is 24.2 Å². The van der Waals surface area contributed by atoms with Crippen molar-refractivity contribution in [3.05, 3.63) is 23.8 Å². The Morgan fingerprint density at radius 1 is 1.00 bits per heavy atom. The first-order chi connectivity index (χ1) is 12.1. The number of piperazine rings is 1. The minimum atomic E-state index is -0.0699. The quantitative estimate of drug-likeness (QED) is 0.718. The molecule has 1 fully saturated rings. The van der Waals surface area contributed by atoms with Crippen LogP contribution in [0.5, 0.6) is 11.5 Å². The van der Waals surface area contributed by atoms with Gasteiger partial charge in [0.05, 0.1) is 14.2 Å². The van der Waals surface area contributed by atoms with Crippen molar-refractivity contribution in [2.75, 3.05) is 54.0 Å². The van der Waals surface area contributed by atoms with E-state index in [9.17, 15) is 9.59 Å². The first-order valence-electron chi connectivity index (χ1n) is 8.53. The third-order valence-corrected chi connectivity index (χ3v) is 4.34. The van der Waals surface area contributed by atoms with E-state index in [1.54, 1.807) is 37.3 Å². The molecule has 0 radical (unpaired) electrons. The maximum atomic E-state index is 12.7. The van der Waals surface area contributed by atoms with Crippen molar-refractivity contribution in [3.8, 4) is 11.5 Å². The van der Waals surface area contributed by atoms with Gasteiger partial charge in [-0.2, -0.15) is 0 Å². The van der Waals surface area contributed by atoms with Crippen LogP contribution in [0.15, 0.2) is 18.2 Å². The summed E-state index contributed by atoms with van der Waals surface area (Å²) >= 11 is 0. The van der Waals surface area contributed by atoms with Crippen LogP contribution in [0.3, 0.4) is 0 Å². The second-order valence-electron chi connectivity index (χ2n) is 5.98. The average molecular weight is 386 g/mol. The van der Waals surface area contributed by atoms with Gasteiger partial charge in [0.2, 0.25) is 5.91 Å². The van der Waals surface area contributed by atoms with E-state index in [2.05, 4.69) is 5.32 Å². The smallest absolute Gasteiger partial charge is 0.254 e. The van der Waals surface area contributed by atoms with Gasteiger partial charge in [-0.05, 0) is 32.1 Å². The Morgan fingerprint density at radius 3 is 2.04 bits per heavy atom. The molecule has 0 bridgehead atoms. The number of carbonyl (C=O) groups excluding carboxylic acids is 2. The van der Waals surface area contributed by atoms with Crippen molar-refractivity contribution in [3.63, 3.8) is 0 Å². The lowest BCUT2D eigenvalue weighted by Crippen LogP contribution is -2.50. The first kappa shape index (κ1) is 22.1. The Kier molecular flexibility index (Phi) is 9.23. The van der Waals surface area contributed by atoms with Crippen LogP contribution in [0.2, 0.25) is 0 Å². The van der Waals surface area contributed by atoms with Gasteiger partial charge in [-0.3, -0.25) is 9.59 Å². The van der Waals surface area contributed by atoms with Crippen LogP contribution < -0.4 is 14.8 Å². The molecule has 8 heteroatoms. The van der Waals surface area contributed by atoms with Gasteiger partial charge in [0.1, 0.15) is 11.5 Å². The summed E-state index contributed by atoms with van der Waals surface area (Å²) in [6, 6.07) is 5.15. The molecule has 2 amide bonds. The summed E-state index contributed by atoms with van der Waals surface area (Å²) in [5, 5.41) is 3.04. The third kappa shape index (κ3) is 5.78. The second kappa shape index (κ2) is 10.9. The van der Waals surface area contributed by atoms with Crippen molar-refractivity contribution in [2.24, 2.45) is 0 Å². The van der Waals surface area contributed by atoms with Gasteiger partial charge < -0.3 is 24.6 Å². The van der Waals surface area contributed by atoms with Crippen LogP contribution in [-0.4, -0.2) is 75.6 Å². The average Bonchev–Trinajstić information content (AvgIpc) is 2.67. The summed E-state index contributed by atoms with van der Waals surface area (Å²) in [5.41, 5.74) is 0.532. The molecule has 0 atom stereocenters. The van der Waals surface area contributed by atoms with E-state index < -0.39 is 0 Å². The molecular formula is C18H28ClN3O4. The molecule has 0 spiro atoms. The third-order valence-electron chi connectivity index (χ3n) is 4.34. The van der Waals surface area contributed by atoms with Gasteiger partial charge in [-0.25, -0.2) is 0 Å². The highest BCUT2D eigenvalue weighted by molar-refractivity contribution is 5.95. The van der Waals surface area contributed by atoms with Crippen molar-refractivity contribution in [2.45, 2.75) is 12.8 Å². The van der Waals surface area contributed by atoms with Crippen LogP contribution in [0.25, 0.3) is 0 Å². The molecule has 0 unspecified atom stereocenters. The Hall–Kier alpha value is -1.99.